The van der Waals surface area contributed by atoms with Crippen molar-refractivity contribution in [2.24, 2.45) is 5.92 Å². The SMILES string of the molecule is Cc1cccc(NC(=O)[C@@H]2CCCN(CC(=O)N3CCNC3=O)C2)n1. The van der Waals surface area contributed by atoms with Crippen molar-refractivity contribution in [2.75, 3.05) is 38.0 Å². The molecule has 2 aliphatic heterocycles. The van der Waals surface area contributed by atoms with Crippen LogP contribution in [0.15, 0.2) is 18.2 Å². The summed E-state index contributed by atoms with van der Waals surface area (Å²) in [5.41, 5.74) is 0.845. The molecule has 2 N–H and O–H groups in total. The highest BCUT2D eigenvalue weighted by molar-refractivity contribution is 5.96. The predicted molar refractivity (Wildman–Crippen MR) is 91.9 cm³/mol. The zero-order valence-electron chi connectivity index (χ0n) is 14.3. The number of anilines is 1. The van der Waals surface area contributed by atoms with E-state index in [0.717, 1.165) is 25.1 Å². The number of rotatable bonds is 4. The fourth-order valence-electron chi connectivity index (χ4n) is 3.24. The van der Waals surface area contributed by atoms with E-state index < -0.39 is 0 Å². The van der Waals surface area contributed by atoms with Crippen LogP contribution in [0, 0.1) is 12.8 Å². The van der Waals surface area contributed by atoms with E-state index >= 15 is 0 Å². The summed E-state index contributed by atoms with van der Waals surface area (Å²) in [5.74, 6) is 0.0776. The number of nitrogens with one attached hydrogen (secondary N) is 2. The molecule has 2 aliphatic rings. The molecule has 0 bridgehead atoms. The molecule has 0 radical (unpaired) electrons. The fourth-order valence-corrected chi connectivity index (χ4v) is 3.24. The molecule has 2 fully saturated rings. The van der Waals surface area contributed by atoms with Crippen molar-refractivity contribution < 1.29 is 14.4 Å². The Labute approximate surface area is 146 Å². The monoisotopic (exact) mass is 345 g/mol. The van der Waals surface area contributed by atoms with Gasteiger partial charge in [-0.25, -0.2) is 9.78 Å². The summed E-state index contributed by atoms with van der Waals surface area (Å²) in [6.45, 7) is 4.22. The smallest absolute Gasteiger partial charge is 0.324 e. The summed E-state index contributed by atoms with van der Waals surface area (Å²) in [6.07, 6.45) is 1.63. The first-order chi connectivity index (χ1) is 12.0. The first kappa shape index (κ1) is 17.3. The van der Waals surface area contributed by atoms with E-state index in [1.54, 1.807) is 6.07 Å². The number of hydrogen-bond acceptors (Lipinski definition) is 5. The Hall–Kier alpha value is -2.48. The van der Waals surface area contributed by atoms with Gasteiger partial charge in [-0.2, -0.15) is 0 Å². The van der Waals surface area contributed by atoms with E-state index in [1.807, 2.05) is 24.0 Å². The second-order valence-electron chi connectivity index (χ2n) is 6.51. The van der Waals surface area contributed by atoms with Crippen molar-refractivity contribution in [1.82, 2.24) is 20.1 Å². The number of pyridine rings is 1. The summed E-state index contributed by atoms with van der Waals surface area (Å²) in [4.78, 5) is 43.8. The highest BCUT2D eigenvalue weighted by Gasteiger charge is 2.31. The first-order valence-electron chi connectivity index (χ1n) is 8.58. The molecular weight excluding hydrogens is 322 g/mol. The van der Waals surface area contributed by atoms with Crippen LogP contribution in [0.5, 0.6) is 0 Å². The largest absolute Gasteiger partial charge is 0.336 e. The van der Waals surface area contributed by atoms with Gasteiger partial charge in [0.1, 0.15) is 5.82 Å². The standard InChI is InChI=1S/C17H23N5O3/c1-12-4-2-6-14(19-12)20-16(24)13-5-3-8-21(10-13)11-15(23)22-9-7-18-17(22)25/h2,4,6,13H,3,5,7-11H2,1H3,(H,18,25)(H,19,20,24)/t13-/m1/s1. The summed E-state index contributed by atoms with van der Waals surface area (Å²) in [6, 6.07) is 5.16. The van der Waals surface area contributed by atoms with E-state index in [9.17, 15) is 14.4 Å². The molecule has 1 aromatic heterocycles. The molecule has 3 rings (SSSR count). The number of carbonyl (C=O) groups excluding carboxylic acids is 3. The third kappa shape index (κ3) is 4.33. The highest BCUT2D eigenvalue weighted by Crippen LogP contribution is 2.18. The average Bonchev–Trinajstić information content (AvgIpc) is 3.01. The topological polar surface area (TPSA) is 94.6 Å². The second kappa shape index (κ2) is 7.60. The minimum absolute atomic E-state index is 0.0748. The van der Waals surface area contributed by atoms with E-state index in [1.165, 1.54) is 4.90 Å². The maximum atomic E-state index is 12.5. The molecule has 2 saturated heterocycles. The molecule has 8 heteroatoms. The molecule has 25 heavy (non-hydrogen) atoms. The van der Waals surface area contributed by atoms with Gasteiger partial charge in [-0.1, -0.05) is 6.07 Å². The number of nitrogens with zero attached hydrogens (tertiary/aromatic N) is 3. The summed E-state index contributed by atoms with van der Waals surface area (Å²) in [5, 5.41) is 5.48. The van der Waals surface area contributed by atoms with Crippen LogP contribution in [-0.4, -0.2) is 65.4 Å². The Kier molecular flexibility index (Phi) is 5.28. The third-order valence-corrected chi connectivity index (χ3v) is 4.53. The minimum atomic E-state index is -0.332. The van der Waals surface area contributed by atoms with Gasteiger partial charge in [0, 0.05) is 25.3 Å². The molecule has 4 amide bonds. The Morgan fingerprint density at radius 2 is 2.20 bits per heavy atom. The van der Waals surface area contributed by atoms with Gasteiger partial charge in [0.05, 0.1) is 12.5 Å². The number of urea groups is 1. The van der Waals surface area contributed by atoms with Crippen molar-refractivity contribution in [3.63, 3.8) is 0 Å². The lowest BCUT2D eigenvalue weighted by atomic mass is 9.97. The van der Waals surface area contributed by atoms with Gasteiger partial charge in [0.25, 0.3) is 0 Å². The number of hydrogen-bond donors (Lipinski definition) is 2. The second-order valence-corrected chi connectivity index (χ2v) is 6.51. The lowest BCUT2D eigenvalue weighted by Crippen LogP contribution is -2.47. The van der Waals surface area contributed by atoms with Crippen molar-refractivity contribution in [3.05, 3.63) is 23.9 Å². The molecule has 0 saturated carbocycles. The van der Waals surface area contributed by atoms with Gasteiger partial charge in [0.2, 0.25) is 11.8 Å². The van der Waals surface area contributed by atoms with Crippen LogP contribution in [0.2, 0.25) is 0 Å². The van der Waals surface area contributed by atoms with Crippen LogP contribution >= 0.6 is 0 Å². The number of aryl methyl sites for hydroxylation is 1. The highest BCUT2D eigenvalue weighted by atomic mass is 16.2. The Balaban J connectivity index is 1.54. The molecular formula is C17H23N5O3. The summed E-state index contributed by atoms with van der Waals surface area (Å²) < 4.78 is 0. The van der Waals surface area contributed by atoms with E-state index in [-0.39, 0.29) is 30.3 Å². The average molecular weight is 345 g/mol. The number of carbonyl (C=O) groups is 3. The van der Waals surface area contributed by atoms with E-state index in [0.29, 0.717) is 25.5 Å². The number of likely N-dealkylation sites (tertiary alicyclic amines) is 1. The number of imide groups is 1. The van der Waals surface area contributed by atoms with Crippen molar-refractivity contribution in [2.45, 2.75) is 19.8 Å². The Bertz CT molecular complexity index is 678. The molecule has 134 valence electrons. The van der Waals surface area contributed by atoms with Crippen LogP contribution in [0.25, 0.3) is 0 Å². The van der Waals surface area contributed by atoms with Gasteiger partial charge in [-0.15, -0.1) is 0 Å². The van der Waals surface area contributed by atoms with E-state index in [2.05, 4.69) is 15.6 Å². The van der Waals surface area contributed by atoms with Crippen LogP contribution in [0.4, 0.5) is 10.6 Å². The summed E-state index contributed by atoms with van der Waals surface area (Å²) in [7, 11) is 0. The predicted octanol–water partition coefficient (Wildman–Crippen LogP) is 0.592. The van der Waals surface area contributed by atoms with Crippen LogP contribution < -0.4 is 10.6 Å². The molecule has 0 aromatic carbocycles. The lowest BCUT2D eigenvalue weighted by Gasteiger charge is -2.32. The van der Waals surface area contributed by atoms with Gasteiger partial charge >= 0.3 is 6.03 Å². The zero-order chi connectivity index (χ0) is 17.8. The zero-order valence-corrected chi connectivity index (χ0v) is 14.3. The van der Waals surface area contributed by atoms with Crippen molar-refractivity contribution >= 4 is 23.7 Å². The van der Waals surface area contributed by atoms with Gasteiger partial charge in [-0.05, 0) is 38.4 Å². The van der Waals surface area contributed by atoms with Crippen LogP contribution in [0.3, 0.4) is 0 Å². The molecule has 3 heterocycles. The van der Waals surface area contributed by atoms with Gasteiger partial charge in [-0.3, -0.25) is 19.4 Å². The molecule has 0 spiro atoms. The Morgan fingerprint density at radius 1 is 1.36 bits per heavy atom. The number of amides is 4. The normalized spacial score (nSPS) is 21.1. The lowest BCUT2D eigenvalue weighted by molar-refractivity contribution is -0.130. The summed E-state index contributed by atoms with van der Waals surface area (Å²) >= 11 is 0. The number of piperidine rings is 1. The third-order valence-electron chi connectivity index (χ3n) is 4.53. The van der Waals surface area contributed by atoms with Crippen molar-refractivity contribution in [3.8, 4) is 0 Å². The molecule has 0 unspecified atom stereocenters. The maximum Gasteiger partial charge on any atom is 0.324 e. The fraction of sp³-hybridized carbons (Fsp3) is 0.529. The number of aromatic nitrogens is 1. The molecule has 1 atom stereocenters. The quantitative estimate of drug-likeness (QED) is 0.833. The maximum absolute atomic E-state index is 12.5. The van der Waals surface area contributed by atoms with Crippen LogP contribution in [0.1, 0.15) is 18.5 Å². The van der Waals surface area contributed by atoms with Crippen molar-refractivity contribution in [1.29, 1.82) is 0 Å². The molecule has 0 aliphatic carbocycles. The first-order valence-corrected chi connectivity index (χ1v) is 8.58. The van der Waals surface area contributed by atoms with Crippen LogP contribution in [-0.2, 0) is 9.59 Å². The Morgan fingerprint density at radius 3 is 2.92 bits per heavy atom. The van der Waals surface area contributed by atoms with Gasteiger partial charge < -0.3 is 10.6 Å². The molecule has 8 nitrogen and oxygen atoms in total. The molecule has 1 aromatic rings. The minimum Gasteiger partial charge on any atom is -0.336 e. The van der Waals surface area contributed by atoms with E-state index in [4.69, 9.17) is 0 Å². The van der Waals surface area contributed by atoms with Gasteiger partial charge in [0.15, 0.2) is 0 Å².